The van der Waals surface area contributed by atoms with Crippen LogP contribution < -0.4 is 0 Å². The zero-order valence-corrected chi connectivity index (χ0v) is 7.86. The molecular weight excluding hydrogens is 267 g/mol. The molecule has 0 aliphatic rings. The molecule has 10 heavy (non-hydrogen) atoms. The van der Waals surface area contributed by atoms with Crippen LogP contribution in [0.5, 0.6) is 0 Å². The summed E-state index contributed by atoms with van der Waals surface area (Å²) in [6, 6.07) is 1.39. The highest BCUT2D eigenvalue weighted by molar-refractivity contribution is 14.1. The van der Waals surface area contributed by atoms with Crippen molar-refractivity contribution in [3.05, 3.63) is 27.3 Å². The number of pyridine rings is 1. The van der Waals surface area contributed by atoms with Gasteiger partial charge in [0.25, 0.3) is 0 Å². The summed E-state index contributed by atoms with van der Waals surface area (Å²) in [5, 5.41) is 0. The van der Waals surface area contributed by atoms with Crippen LogP contribution in [0.3, 0.4) is 0 Å². The molecule has 0 bridgehead atoms. The topological polar surface area (TPSA) is 12.9 Å². The van der Waals surface area contributed by atoms with Crippen molar-refractivity contribution in [1.82, 2.24) is 4.98 Å². The Morgan fingerprint density at radius 2 is 2.40 bits per heavy atom. The monoisotopic (exact) mass is 271 g/mol. The first kappa shape index (κ1) is 8.20. The van der Waals surface area contributed by atoms with Gasteiger partial charge in [0.1, 0.15) is 3.70 Å². The minimum absolute atomic E-state index is 0.306. The summed E-state index contributed by atoms with van der Waals surface area (Å²) in [4.78, 5) is 3.78. The van der Waals surface area contributed by atoms with Gasteiger partial charge in [-0.3, -0.25) is 0 Å². The number of hydrogen-bond donors (Lipinski definition) is 0. The first-order chi connectivity index (χ1) is 4.74. The van der Waals surface area contributed by atoms with Gasteiger partial charge < -0.3 is 0 Å². The molecule has 1 aromatic rings. The Morgan fingerprint density at radius 1 is 1.70 bits per heavy atom. The lowest BCUT2D eigenvalue weighted by Gasteiger charge is -1.95. The number of halogens is 3. The largest absolute Gasteiger partial charge is 0.247 e. The first-order valence-electron chi connectivity index (χ1n) is 2.60. The van der Waals surface area contributed by atoms with Crippen molar-refractivity contribution in [2.45, 2.75) is 5.88 Å². The predicted octanol–water partition coefficient (Wildman–Crippen LogP) is 2.56. The fraction of sp³-hybridized carbons (Fsp3) is 0.167. The van der Waals surface area contributed by atoms with Crippen LogP contribution in [0.4, 0.5) is 4.39 Å². The Labute approximate surface area is 76.7 Å². The molecule has 1 nitrogen and oxygen atoms in total. The number of hydrogen-bond acceptors (Lipinski definition) is 1. The zero-order chi connectivity index (χ0) is 7.56. The molecule has 0 aliphatic carbocycles. The van der Waals surface area contributed by atoms with Crippen molar-refractivity contribution in [2.24, 2.45) is 0 Å². The number of aromatic nitrogens is 1. The maximum atomic E-state index is 12.6. The lowest BCUT2D eigenvalue weighted by Crippen LogP contribution is -1.89. The normalized spacial score (nSPS) is 9.90. The second-order valence-electron chi connectivity index (χ2n) is 1.75. The average molecular weight is 271 g/mol. The van der Waals surface area contributed by atoms with Crippen LogP contribution in [-0.2, 0) is 5.88 Å². The summed E-state index contributed by atoms with van der Waals surface area (Å²) >= 11 is 7.27. The third-order valence-electron chi connectivity index (χ3n) is 1.01. The van der Waals surface area contributed by atoms with Gasteiger partial charge in [-0.1, -0.05) is 0 Å². The quantitative estimate of drug-likeness (QED) is 0.435. The van der Waals surface area contributed by atoms with Gasteiger partial charge in [0.15, 0.2) is 5.82 Å². The van der Waals surface area contributed by atoms with E-state index in [2.05, 4.69) is 4.98 Å². The van der Waals surface area contributed by atoms with Crippen LogP contribution in [-0.4, -0.2) is 4.98 Å². The highest BCUT2D eigenvalue weighted by Crippen LogP contribution is 2.10. The van der Waals surface area contributed by atoms with Crippen LogP contribution in [0.1, 0.15) is 5.56 Å². The average Bonchev–Trinajstić information content (AvgIpc) is 1.95. The van der Waals surface area contributed by atoms with Crippen LogP contribution in [0.15, 0.2) is 12.3 Å². The van der Waals surface area contributed by atoms with E-state index in [1.807, 2.05) is 22.6 Å². The Balaban J connectivity index is 3.04. The molecular formula is C6H4ClFIN. The summed E-state index contributed by atoms with van der Waals surface area (Å²) in [6.07, 6.45) is 1.57. The van der Waals surface area contributed by atoms with Gasteiger partial charge in [-0.05, 0) is 34.2 Å². The Kier molecular flexibility index (Phi) is 2.85. The van der Waals surface area contributed by atoms with Crippen molar-refractivity contribution in [2.75, 3.05) is 0 Å². The third-order valence-corrected chi connectivity index (χ3v) is 2.11. The van der Waals surface area contributed by atoms with Gasteiger partial charge in [0, 0.05) is 12.1 Å². The van der Waals surface area contributed by atoms with Gasteiger partial charge in [0.2, 0.25) is 0 Å². The maximum Gasteiger partial charge on any atom is 0.155 e. The van der Waals surface area contributed by atoms with E-state index in [1.165, 1.54) is 6.07 Å². The predicted molar refractivity (Wildman–Crippen MR) is 46.5 cm³/mol. The van der Waals surface area contributed by atoms with Gasteiger partial charge in [-0.15, -0.1) is 11.6 Å². The van der Waals surface area contributed by atoms with E-state index in [0.717, 1.165) is 0 Å². The summed E-state index contributed by atoms with van der Waals surface area (Å²) in [5.41, 5.74) is 0.708. The van der Waals surface area contributed by atoms with Crippen LogP contribution >= 0.6 is 34.2 Å². The fourth-order valence-corrected chi connectivity index (χ4v) is 0.975. The van der Waals surface area contributed by atoms with Gasteiger partial charge >= 0.3 is 0 Å². The SMILES string of the molecule is Fc1cc(CCl)cnc1I. The van der Waals surface area contributed by atoms with Crippen molar-refractivity contribution in [1.29, 1.82) is 0 Å². The standard InChI is InChI=1S/C6H4ClFIN/c7-2-4-1-5(8)6(9)10-3-4/h1,3H,2H2. The Bertz CT molecular complexity index is 241. The van der Waals surface area contributed by atoms with Crippen LogP contribution in [0.25, 0.3) is 0 Å². The lowest BCUT2D eigenvalue weighted by molar-refractivity contribution is 0.610. The molecule has 0 N–H and O–H groups in total. The summed E-state index contributed by atoms with van der Waals surface area (Å²) in [7, 11) is 0. The number of rotatable bonds is 1. The molecule has 0 atom stereocenters. The highest BCUT2D eigenvalue weighted by Gasteiger charge is 1.99. The van der Waals surface area contributed by atoms with E-state index in [0.29, 0.717) is 15.1 Å². The van der Waals surface area contributed by atoms with E-state index in [4.69, 9.17) is 11.6 Å². The first-order valence-corrected chi connectivity index (χ1v) is 4.21. The van der Waals surface area contributed by atoms with E-state index in [9.17, 15) is 4.39 Å². The van der Waals surface area contributed by atoms with Crippen LogP contribution in [0, 0.1) is 9.52 Å². The molecule has 1 aromatic heterocycles. The molecule has 1 heterocycles. The number of alkyl halides is 1. The lowest BCUT2D eigenvalue weighted by atomic mass is 10.3. The Morgan fingerprint density at radius 3 is 2.90 bits per heavy atom. The van der Waals surface area contributed by atoms with Crippen LogP contribution in [0.2, 0.25) is 0 Å². The number of nitrogens with zero attached hydrogens (tertiary/aromatic N) is 1. The summed E-state index contributed by atoms with van der Waals surface area (Å²) in [6.45, 7) is 0. The van der Waals surface area contributed by atoms with E-state index >= 15 is 0 Å². The van der Waals surface area contributed by atoms with Crippen molar-refractivity contribution in [3.8, 4) is 0 Å². The summed E-state index contributed by atoms with van der Waals surface area (Å²) in [5.74, 6) is -0.000324. The second kappa shape index (κ2) is 3.48. The minimum atomic E-state index is -0.307. The van der Waals surface area contributed by atoms with Gasteiger partial charge in [-0.2, -0.15) is 0 Å². The van der Waals surface area contributed by atoms with Crippen molar-refractivity contribution in [3.63, 3.8) is 0 Å². The molecule has 0 radical (unpaired) electrons. The molecule has 0 saturated carbocycles. The second-order valence-corrected chi connectivity index (χ2v) is 3.04. The maximum absolute atomic E-state index is 12.6. The smallest absolute Gasteiger partial charge is 0.155 e. The molecule has 1 rings (SSSR count). The van der Waals surface area contributed by atoms with Gasteiger partial charge in [-0.25, -0.2) is 9.37 Å². The molecule has 0 saturated heterocycles. The molecule has 4 heteroatoms. The van der Waals surface area contributed by atoms with Crippen molar-refractivity contribution < 1.29 is 4.39 Å². The highest BCUT2D eigenvalue weighted by atomic mass is 127. The third kappa shape index (κ3) is 1.79. The zero-order valence-electron chi connectivity index (χ0n) is 4.94. The Hall–Kier alpha value is 0.100. The molecule has 0 unspecified atom stereocenters. The van der Waals surface area contributed by atoms with E-state index in [-0.39, 0.29) is 5.82 Å². The molecule has 0 fully saturated rings. The van der Waals surface area contributed by atoms with E-state index < -0.39 is 0 Å². The molecule has 0 amide bonds. The minimum Gasteiger partial charge on any atom is -0.247 e. The van der Waals surface area contributed by atoms with E-state index in [1.54, 1.807) is 6.20 Å². The molecule has 0 aromatic carbocycles. The molecule has 54 valence electrons. The molecule has 0 spiro atoms. The molecule has 0 aliphatic heterocycles. The van der Waals surface area contributed by atoms with Gasteiger partial charge in [0.05, 0.1) is 0 Å². The van der Waals surface area contributed by atoms with Crippen molar-refractivity contribution >= 4 is 34.2 Å². The summed E-state index contributed by atoms with van der Waals surface area (Å²) < 4.78 is 13.0. The fourth-order valence-electron chi connectivity index (χ4n) is 0.534.